The van der Waals surface area contributed by atoms with E-state index in [9.17, 15) is 8.42 Å². The molecule has 5 heteroatoms. The fourth-order valence-electron chi connectivity index (χ4n) is 0.851. The van der Waals surface area contributed by atoms with Crippen LogP contribution in [-0.2, 0) is 9.84 Å². The van der Waals surface area contributed by atoms with Gasteiger partial charge in [-0.15, -0.1) is 18.2 Å². The van der Waals surface area contributed by atoms with Crippen LogP contribution in [0.1, 0.15) is 13.8 Å². The van der Waals surface area contributed by atoms with Crippen LogP contribution in [0.5, 0.6) is 0 Å². The van der Waals surface area contributed by atoms with E-state index in [1.807, 2.05) is 0 Å². The Bertz CT molecular complexity index is 291. The van der Waals surface area contributed by atoms with Gasteiger partial charge >= 0.3 is 0 Å². The summed E-state index contributed by atoms with van der Waals surface area (Å²) >= 11 is 1.67. The molecule has 0 bridgehead atoms. The van der Waals surface area contributed by atoms with Crippen molar-refractivity contribution in [2.75, 3.05) is 30.3 Å². The van der Waals surface area contributed by atoms with Gasteiger partial charge in [-0.25, -0.2) is 8.42 Å². The lowest BCUT2D eigenvalue weighted by atomic mass is 10.6. The summed E-state index contributed by atoms with van der Waals surface area (Å²) in [7, 11) is -2.90. The minimum atomic E-state index is -2.90. The second-order valence-electron chi connectivity index (χ2n) is 3.42. The molecule has 0 amide bonds. The second-order valence-corrected chi connectivity index (χ2v) is 7.20. The van der Waals surface area contributed by atoms with Gasteiger partial charge in [-0.05, 0) is 13.8 Å². The monoisotopic (exact) mass is 249 g/mol. The Morgan fingerprint density at radius 2 is 2.07 bits per heavy atom. The molecular weight excluding hydrogens is 230 g/mol. The Labute approximate surface area is 97.3 Å². The number of hydrogen-bond donors (Lipinski definition) is 1. The van der Waals surface area contributed by atoms with E-state index in [-0.39, 0.29) is 11.0 Å². The van der Waals surface area contributed by atoms with Crippen LogP contribution in [0.4, 0.5) is 0 Å². The average Bonchev–Trinajstić information content (AvgIpc) is 2.16. The quantitative estimate of drug-likeness (QED) is 0.510. The molecule has 0 heterocycles. The molecule has 0 saturated heterocycles. The molecule has 0 fully saturated rings. The highest BCUT2D eigenvalue weighted by Crippen LogP contribution is 1.99. The highest BCUT2D eigenvalue weighted by Gasteiger charge is 2.14. The Kier molecular flexibility index (Phi) is 7.93. The van der Waals surface area contributed by atoms with Gasteiger partial charge in [0.05, 0.1) is 16.8 Å². The van der Waals surface area contributed by atoms with Crippen LogP contribution in [0.2, 0.25) is 0 Å². The molecule has 88 valence electrons. The summed E-state index contributed by atoms with van der Waals surface area (Å²) in [5, 5.41) is 2.80. The summed E-state index contributed by atoms with van der Waals surface area (Å²) in [6.45, 7) is 4.74. The van der Waals surface area contributed by atoms with Crippen molar-refractivity contribution >= 4 is 21.6 Å². The number of hydrogen-bond acceptors (Lipinski definition) is 4. The van der Waals surface area contributed by atoms with E-state index in [1.54, 1.807) is 25.6 Å². The third kappa shape index (κ3) is 7.71. The fourth-order valence-corrected chi connectivity index (χ4v) is 2.30. The Morgan fingerprint density at radius 1 is 1.40 bits per heavy atom. The van der Waals surface area contributed by atoms with Crippen molar-refractivity contribution in [2.45, 2.75) is 19.1 Å². The molecule has 0 aliphatic carbocycles. The highest BCUT2D eigenvalue weighted by atomic mass is 32.2. The molecule has 15 heavy (non-hydrogen) atoms. The molecular formula is C10H19NO2S2. The van der Waals surface area contributed by atoms with E-state index in [1.165, 1.54) is 0 Å². The van der Waals surface area contributed by atoms with Gasteiger partial charge in [0.1, 0.15) is 0 Å². The molecule has 0 rings (SSSR count). The van der Waals surface area contributed by atoms with Crippen LogP contribution in [-0.4, -0.2) is 44.0 Å². The lowest BCUT2D eigenvalue weighted by Crippen LogP contribution is -2.28. The molecule has 0 radical (unpaired) electrons. The van der Waals surface area contributed by atoms with Crippen molar-refractivity contribution in [2.24, 2.45) is 0 Å². The van der Waals surface area contributed by atoms with E-state index < -0.39 is 9.84 Å². The fraction of sp³-hybridized carbons (Fsp3) is 0.800. The standard InChI is InChI=1S/C10H19NO2S2/c1-4-7-14-8-5-11-6-9-15(12,13)10(2)3/h1,10-11H,5-9H2,2-3H3. The van der Waals surface area contributed by atoms with Gasteiger partial charge in [0, 0.05) is 18.8 Å². The zero-order chi connectivity index (χ0) is 11.7. The summed E-state index contributed by atoms with van der Waals surface area (Å²) in [5.74, 6) is 4.39. The number of thioether (sulfide) groups is 1. The van der Waals surface area contributed by atoms with Gasteiger partial charge < -0.3 is 5.32 Å². The molecule has 0 spiro atoms. The maximum atomic E-state index is 11.4. The van der Waals surface area contributed by atoms with E-state index in [0.29, 0.717) is 12.3 Å². The summed E-state index contributed by atoms with van der Waals surface area (Å²) in [6, 6.07) is 0. The lowest BCUT2D eigenvalue weighted by molar-refractivity contribution is 0.583. The van der Waals surface area contributed by atoms with Crippen LogP contribution in [0.3, 0.4) is 0 Å². The maximum Gasteiger partial charge on any atom is 0.153 e. The molecule has 0 aliphatic heterocycles. The van der Waals surface area contributed by atoms with Crippen molar-refractivity contribution in [3.8, 4) is 12.3 Å². The van der Waals surface area contributed by atoms with Gasteiger partial charge in [0.15, 0.2) is 9.84 Å². The van der Waals surface area contributed by atoms with Gasteiger partial charge in [0.2, 0.25) is 0 Å². The van der Waals surface area contributed by atoms with Crippen LogP contribution in [0.25, 0.3) is 0 Å². The molecule has 3 nitrogen and oxygen atoms in total. The van der Waals surface area contributed by atoms with E-state index >= 15 is 0 Å². The first kappa shape index (κ1) is 14.8. The normalized spacial score (nSPS) is 11.6. The number of terminal acetylenes is 1. The number of rotatable bonds is 8. The molecule has 1 N–H and O–H groups in total. The molecule has 0 atom stereocenters. The van der Waals surface area contributed by atoms with Crippen LogP contribution in [0.15, 0.2) is 0 Å². The van der Waals surface area contributed by atoms with Crippen molar-refractivity contribution < 1.29 is 8.42 Å². The second kappa shape index (κ2) is 8.03. The molecule has 0 saturated carbocycles. The number of nitrogens with one attached hydrogen (secondary N) is 1. The van der Waals surface area contributed by atoms with Crippen molar-refractivity contribution in [1.82, 2.24) is 5.32 Å². The van der Waals surface area contributed by atoms with Crippen molar-refractivity contribution in [3.63, 3.8) is 0 Å². The van der Waals surface area contributed by atoms with E-state index in [4.69, 9.17) is 6.42 Å². The summed E-state index contributed by atoms with van der Waals surface area (Å²) in [4.78, 5) is 0. The molecule has 0 aromatic carbocycles. The van der Waals surface area contributed by atoms with Crippen LogP contribution in [0, 0.1) is 12.3 Å². The molecule has 0 aromatic rings. The SMILES string of the molecule is C#CCSCCNCCS(=O)(=O)C(C)C. The van der Waals surface area contributed by atoms with Gasteiger partial charge in [0.25, 0.3) is 0 Å². The largest absolute Gasteiger partial charge is 0.315 e. The summed E-state index contributed by atoms with van der Waals surface area (Å²) < 4.78 is 22.8. The summed E-state index contributed by atoms with van der Waals surface area (Å²) in [6.07, 6.45) is 5.09. The zero-order valence-corrected chi connectivity index (χ0v) is 11.0. The molecule has 0 aromatic heterocycles. The Balaban J connectivity index is 3.44. The third-order valence-corrected chi connectivity index (χ3v) is 4.96. The first-order chi connectivity index (χ1) is 7.00. The van der Waals surface area contributed by atoms with E-state index in [0.717, 1.165) is 12.3 Å². The first-order valence-electron chi connectivity index (χ1n) is 4.94. The average molecular weight is 249 g/mol. The van der Waals surface area contributed by atoms with Crippen molar-refractivity contribution in [3.05, 3.63) is 0 Å². The zero-order valence-electron chi connectivity index (χ0n) is 9.32. The predicted octanol–water partition coefficient (Wildman–Crippen LogP) is 0.766. The Morgan fingerprint density at radius 3 is 2.60 bits per heavy atom. The number of sulfone groups is 1. The van der Waals surface area contributed by atoms with Crippen LogP contribution >= 0.6 is 11.8 Å². The topological polar surface area (TPSA) is 46.2 Å². The molecule has 0 unspecified atom stereocenters. The van der Waals surface area contributed by atoms with Crippen LogP contribution < -0.4 is 5.32 Å². The minimum absolute atomic E-state index is 0.213. The first-order valence-corrected chi connectivity index (χ1v) is 7.81. The smallest absolute Gasteiger partial charge is 0.153 e. The minimum Gasteiger partial charge on any atom is -0.315 e. The van der Waals surface area contributed by atoms with Gasteiger partial charge in [-0.3, -0.25) is 0 Å². The molecule has 0 aliphatic rings. The van der Waals surface area contributed by atoms with E-state index in [2.05, 4.69) is 11.2 Å². The predicted molar refractivity (Wildman–Crippen MR) is 68.0 cm³/mol. The lowest BCUT2D eigenvalue weighted by Gasteiger charge is -2.08. The Hall–Kier alpha value is -0.180. The van der Waals surface area contributed by atoms with Gasteiger partial charge in [-0.1, -0.05) is 5.92 Å². The highest BCUT2D eigenvalue weighted by molar-refractivity contribution is 7.99. The maximum absolute atomic E-state index is 11.4. The van der Waals surface area contributed by atoms with Gasteiger partial charge in [-0.2, -0.15) is 0 Å². The summed E-state index contributed by atoms with van der Waals surface area (Å²) in [5.41, 5.74) is 0. The van der Waals surface area contributed by atoms with Crippen molar-refractivity contribution in [1.29, 1.82) is 0 Å². The third-order valence-electron chi connectivity index (χ3n) is 1.89.